The van der Waals surface area contributed by atoms with Crippen molar-refractivity contribution in [2.24, 2.45) is 0 Å². The second kappa shape index (κ2) is 8.72. The van der Waals surface area contributed by atoms with Crippen LogP contribution in [0.15, 0.2) is 36.5 Å². The highest BCUT2D eigenvalue weighted by Crippen LogP contribution is 2.26. The highest BCUT2D eigenvalue weighted by Gasteiger charge is 2.23. The molecule has 1 amide bonds. The van der Waals surface area contributed by atoms with Crippen molar-refractivity contribution in [1.29, 1.82) is 0 Å². The van der Waals surface area contributed by atoms with E-state index in [-0.39, 0.29) is 24.5 Å². The third kappa shape index (κ3) is 4.99. The van der Waals surface area contributed by atoms with Crippen molar-refractivity contribution in [3.8, 4) is 0 Å². The first-order chi connectivity index (χ1) is 12.9. The molecule has 2 aromatic rings. The zero-order valence-electron chi connectivity index (χ0n) is 15.1. The van der Waals surface area contributed by atoms with Crippen molar-refractivity contribution in [2.45, 2.75) is 19.8 Å². The number of hydrogen-bond donors (Lipinski definition) is 0. The van der Waals surface area contributed by atoms with Crippen LogP contribution in [0.1, 0.15) is 28.8 Å². The fourth-order valence-corrected chi connectivity index (χ4v) is 3.57. The lowest BCUT2D eigenvalue weighted by molar-refractivity contribution is -0.131. The topological polar surface area (TPSA) is 53.5 Å². The quantitative estimate of drug-likeness (QED) is 0.705. The predicted octanol–water partition coefficient (Wildman–Crippen LogP) is 4.01. The molecule has 0 aliphatic carbocycles. The van der Waals surface area contributed by atoms with Crippen molar-refractivity contribution in [2.75, 3.05) is 31.1 Å². The average Bonchev–Trinajstić information content (AvgIpc) is 2.66. The van der Waals surface area contributed by atoms with E-state index >= 15 is 0 Å². The van der Waals surface area contributed by atoms with Gasteiger partial charge in [0.05, 0.1) is 10.0 Å². The Morgan fingerprint density at radius 2 is 1.70 bits per heavy atom. The molecule has 7 heteroatoms. The molecule has 0 saturated carbocycles. The molecular formula is C20H21Cl2N3O2. The normalized spacial score (nSPS) is 14.3. The van der Waals surface area contributed by atoms with Gasteiger partial charge in [0.2, 0.25) is 5.91 Å². The van der Waals surface area contributed by atoms with Crippen LogP contribution in [0.2, 0.25) is 10.0 Å². The van der Waals surface area contributed by atoms with Crippen LogP contribution >= 0.6 is 23.2 Å². The molecule has 0 bridgehead atoms. The molecule has 1 aromatic carbocycles. The number of anilines is 1. The number of amides is 1. The molecule has 3 rings (SSSR count). The van der Waals surface area contributed by atoms with Crippen LogP contribution in [-0.4, -0.2) is 47.8 Å². The zero-order chi connectivity index (χ0) is 19.4. The summed E-state index contributed by atoms with van der Waals surface area (Å²) in [6, 6.07) is 9.10. The molecule has 0 unspecified atom stereocenters. The minimum Gasteiger partial charge on any atom is -0.352 e. The number of halogens is 2. The van der Waals surface area contributed by atoms with Gasteiger partial charge in [0.25, 0.3) is 0 Å². The molecule has 1 aromatic heterocycles. The molecule has 0 radical (unpaired) electrons. The molecule has 5 nitrogen and oxygen atoms in total. The van der Waals surface area contributed by atoms with E-state index in [9.17, 15) is 9.59 Å². The van der Waals surface area contributed by atoms with Crippen LogP contribution in [-0.2, 0) is 4.79 Å². The van der Waals surface area contributed by atoms with Gasteiger partial charge in [0.1, 0.15) is 5.82 Å². The van der Waals surface area contributed by atoms with Crippen molar-refractivity contribution < 1.29 is 9.59 Å². The Bertz CT molecular complexity index is 832. The monoisotopic (exact) mass is 405 g/mol. The highest BCUT2D eigenvalue weighted by molar-refractivity contribution is 6.36. The van der Waals surface area contributed by atoms with E-state index in [1.807, 2.05) is 36.1 Å². The number of piperazine rings is 1. The van der Waals surface area contributed by atoms with Gasteiger partial charge in [-0.15, -0.1) is 0 Å². The van der Waals surface area contributed by atoms with Gasteiger partial charge in [0, 0.05) is 50.8 Å². The van der Waals surface area contributed by atoms with Gasteiger partial charge < -0.3 is 9.80 Å². The van der Waals surface area contributed by atoms with Crippen LogP contribution in [0.3, 0.4) is 0 Å². The maximum Gasteiger partial charge on any atom is 0.223 e. The molecule has 1 aliphatic rings. The van der Waals surface area contributed by atoms with Gasteiger partial charge in [-0.2, -0.15) is 0 Å². The van der Waals surface area contributed by atoms with E-state index in [0.29, 0.717) is 47.6 Å². The SMILES string of the molecule is Cc1ccc(C(=O)CCC(=O)N2CCN(c3ncc(Cl)cc3Cl)CC2)cc1. The Morgan fingerprint density at radius 1 is 1.04 bits per heavy atom. The first-order valence-electron chi connectivity index (χ1n) is 8.87. The Balaban J connectivity index is 1.49. The first-order valence-corrected chi connectivity index (χ1v) is 9.63. The Hall–Kier alpha value is -2.11. The number of rotatable bonds is 5. The van der Waals surface area contributed by atoms with E-state index in [4.69, 9.17) is 23.2 Å². The molecule has 2 heterocycles. The summed E-state index contributed by atoms with van der Waals surface area (Å²) >= 11 is 12.1. The molecule has 27 heavy (non-hydrogen) atoms. The number of aromatic nitrogens is 1. The summed E-state index contributed by atoms with van der Waals surface area (Å²) in [5.74, 6) is 0.687. The first kappa shape index (κ1) is 19.6. The summed E-state index contributed by atoms with van der Waals surface area (Å²) in [5, 5.41) is 1.00. The lowest BCUT2D eigenvalue weighted by Crippen LogP contribution is -2.49. The molecular weight excluding hydrogens is 385 g/mol. The number of hydrogen-bond acceptors (Lipinski definition) is 4. The van der Waals surface area contributed by atoms with Crippen LogP contribution in [0.4, 0.5) is 5.82 Å². The third-order valence-corrected chi connectivity index (χ3v) is 5.14. The third-order valence-electron chi connectivity index (χ3n) is 4.66. The molecule has 0 N–H and O–H groups in total. The van der Waals surface area contributed by atoms with Gasteiger partial charge >= 0.3 is 0 Å². The smallest absolute Gasteiger partial charge is 0.223 e. The minimum atomic E-state index is -0.000804. The minimum absolute atomic E-state index is 0.000804. The number of Topliss-reactive ketones (excluding diaryl/α,β-unsaturated/α-hetero) is 1. The number of nitrogens with zero attached hydrogens (tertiary/aromatic N) is 3. The Kier molecular flexibility index (Phi) is 6.34. The largest absolute Gasteiger partial charge is 0.352 e. The summed E-state index contributed by atoms with van der Waals surface area (Å²) in [5.41, 5.74) is 1.76. The lowest BCUT2D eigenvalue weighted by atomic mass is 10.0. The van der Waals surface area contributed by atoms with Crippen molar-refractivity contribution >= 4 is 40.7 Å². The number of benzene rings is 1. The molecule has 0 atom stereocenters. The van der Waals surface area contributed by atoms with E-state index in [0.717, 1.165) is 5.56 Å². The standard InChI is InChI=1S/C20H21Cl2N3O2/c1-14-2-4-15(5-3-14)18(26)6-7-19(27)24-8-10-25(11-9-24)20-17(22)12-16(21)13-23-20/h2-5,12-13H,6-11H2,1H3. The lowest BCUT2D eigenvalue weighted by Gasteiger charge is -2.35. The second-order valence-corrected chi connectivity index (χ2v) is 7.46. The summed E-state index contributed by atoms with van der Waals surface area (Å²) < 4.78 is 0. The van der Waals surface area contributed by atoms with Crippen LogP contribution in [0, 0.1) is 6.92 Å². The van der Waals surface area contributed by atoms with Crippen LogP contribution in [0.25, 0.3) is 0 Å². The van der Waals surface area contributed by atoms with Gasteiger partial charge in [-0.25, -0.2) is 4.98 Å². The van der Waals surface area contributed by atoms with Crippen LogP contribution < -0.4 is 4.90 Å². The second-order valence-electron chi connectivity index (χ2n) is 6.62. The number of pyridine rings is 1. The zero-order valence-corrected chi connectivity index (χ0v) is 16.6. The number of ketones is 1. The number of carbonyl (C=O) groups is 2. The summed E-state index contributed by atoms with van der Waals surface area (Å²) in [6.07, 6.45) is 2.02. The van der Waals surface area contributed by atoms with Crippen molar-refractivity contribution in [1.82, 2.24) is 9.88 Å². The summed E-state index contributed by atoms with van der Waals surface area (Å²) in [7, 11) is 0. The molecule has 1 saturated heterocycles. The molecule has 0 spiro atoms. The number of carbonyl (C=O) groups excluding carboxylic acids is 2. The van der Waals surface area contributed by atoms with E-state index < -0.39 is 0 Å². The highest BCUT2D eigenvalue weighted by atomic mass is 35.5. The average molecular weight is 406 g/mol. The van der Waals surface area contributed by atoms with E-state index in [1.165, 1.54) is 0 Å². The predicted molar refractivity (Wildman–Crippen MR) is 108 cm³/mol. The van der Waals surface area contributed by atoms with E-state index in [1.54, 1.807) is 17.2 Å². The maximum atomic E-state index is 12.4. The summed E-state index contributed by atoms with van der Waals surface area (Å²) in [4.78, 5) is 32.8. The Labute approximate surface area is 168 Å². The van der Waals surface area contributed by atoms with Gasteiger partial charge in [-0.3, -0.25) is 9.59 Å². The summed E-state index contributed by atoms with van der Waals surface area (Å²) in [6.45, 7) is 4.43. The molecule has 1 fully saturated rings. The number of aryl methyl sites for hydroxylation is 1. The molecule has 1 aliphatic heterocycles. The fourth-order valence-electron chi connectivity index (χ4n) is 3.07. The van der Waals surface area contributed by atoms with E-state index in [2.05, 4.69) is 4.98 Å². The van der Waals surface area contributed by atoms with Crippen LogP contribution in [0.5, 0.6) is 0 Å². The molecule has 142 valence electrons. The van der Waals surface area contributed by atoms with Crippen molar-refractivity contribution in [3.63, 3.8) is 0 Å². The van der Waals surface area contributed by atoms with Gasteiger partial charge in [-0.1, -0.05) is 53.0 Å². The van der Waals surface area contributed by atoms with Gasteiger partial charge in [0.15, 0.2) is 5.78 Å². The Morgan fingerprint density at radius 3 is 2.33 bits per heavy atom. The fraction of sp³-hybridized carbons (Fsp3) is 0.350. The van der Waals surface area contributed by atoms with Crippen molar-refractivity contribution in [3.05, 3.63) is 57.7 Å². The van der Waals surface area contributed by atoms with Gasteiger partial charge in [-0.05, 0) is 13.0 Å². The maximum absolute atomic E-state index is 12.4.